The fourth-order valence-electron chi connectivity index (χ4n) is 2.83. The van der Waals surface area contributed by atoms with Gasteiger partial charge in [-0.25, -0.2) is 0 Å². The molecule has 1 aliphatic rings. The number of carbonyl (C=O) groups is 1. The zero-order valence-electron chi connectivity index (χ0n) is 13.0. The zero-order valence-corrected chi connectivity index (χ0v) is 13.8. The number of benzene rings is 1. The van der Waals surface area contributed by atoms with Crippen LogP contribution < -0.4 is 5.73 Å². The summed E-state index contributed by atoms with van der Waals surface area (Å²) in [5.74, 6) is 1.54. The maximum Gasteiger partial charge on any atom is 0.244 e. The Labute approximate surface area is 141 Å². The highest BCUT2D eigenvalue weighted by atomic mass is 35.5. The number of aromatic nitrogens is 2. The predicted molar refractivity (Wildman–Crippen MR) is 88.2 cm³/mol. The third-order valence-corrected chi connectivity index (χ3v) is 4.12. The molecular formula is C16H21ClN4O2. The topological polar surface area (TPSA) is 85.2 Å². The fraction of sp³-hybridized carbons (Fsp3) is 0.438. The van der Waals surface area contributed by atoms with Crippen LogP contribution in [0.2, 0.25) is 0 Å². The molecule has 0 saturated carbocycles. The average molecular weight is 337 g/mol. The minimum atomic E-state index is -0.594. The highest BCUT2D eigenvalue weighted by molar-refractivity contribution is 5.85. The first-order valence-corrected chi connectivity index (χ1v) is 7.54. The van der Waals surface area contributed by atoms with Gasteiger partial charge in [0.25, 0.3) is 0 Å². The van der Waals surface area contributed by atoms with Crippen molar-refractivity contribution in [2.45, 2.75) is 31.7 Å². The van der Waals surface area contributed by atoms with Crippen molar-refractivity contribution < 1.29 is 9.32 Å². The van der Waals surface area contributed by atoms with Gasteiger partial charge in [0.15, 0.2) is 5.82 Å². The smallest absolute Gasteiger partial charge is 0.244 e. The molecule has 0 bridgehead atoms. The first-order valence-electron chi connectivity index (χ1n) is 7.54. The molecule has 7 heteroatoms. The van der Waals surface area contributed by atoms with Crippen LogP contribution in [0.4, 0.5) is 0 Å². The summed E-state index contributed by atoms with van der Waals surface area (Å²) in [6.07, 6.45) is 1.66. The Bertz CT molecular complexity index is 639. The number of nitrogens with two attached hydrogens (primary N) is 1. The van der Waals surface area contributed by atoms with Crippen LogP contribution >= 0.6 is 12.4 Å². The van der Waals surface area contributed by atoms with E-state index in [1.807, 2.05) is 42.2 Å². The standard InChI is InChI=1S/C16H20N4O2.ClH/c1-11-18-15(22-19-11)13-7-9-20(10-8-13)16(21)14(17)12-5-3-2-4-6-12;/h2-6,13-14H,7-10,17H2,1H3;1H. The van der Waals surface area contributed by atoms with Crippen molar-refractivity contribution in [3.8, 4) is 0 Å². The highest BCUT2D eigenvalue weighted by Crippen LogP contribution is 2.27. The second-order valence-electron chi connectivity index (χ2n) is 5.67. The molecule has 1 saturated heterocycles. The molecule has 0 aliphatic carbocycles. The molecule has 2 aromatic rings. The molecule has 2 heterocycles. The fourth-order valence-corrected chi connectivity index (χ4v) is 2.83. The van der Waals surface area contributed by atoms with E-state index in [9.17, 15) is 4.79 Å². The average Bonchev–Trinajstić information content (AvgIpc) is 3.01. The Hall–Kier alpha value is -1.92. The molecule has 0 spiro atoms. The first-order chi connectivity index (χ1) is 10.6. The quantitative estimate of drug-likeness (QED) is 0.928. The number of hydrogen-bond donors (Lipinski definition) is 1. The van der Waals surface area contributed by atoms with Crippen LogP contribution in [0.5, 0.6) is 0 Å². The number of amides is 1. The molecule has 1 aromatic carbocycles. The molecule has 1 unspecified atom stereocenters. The highest BCUT2D eigenvalue weighted by Gasteiger charge is 2.29. The lowest BCUT2D eigenvalue weighted by Crippen LogP contribution is -2.43. The number of carbonyl (C=O) groups excluding carboxylic acids is 1. The molecule has 3 rings (SSSR count). The van der Waals surface area contributed by atoms with Gasteiger partial charge in [0, 0.05) is 19.0 Å². The molecule has 23 heavy (non-hydrogen) atoms. The summed E-state index contributed by atoms with van der Waals surface area (Å²) in [6.45, 7) is 3.15. The van der Waals surface area contributed by atoms with Gasteiger partial charge in [0.1, 0.15) is 6.04 Å². The van der Waals surface area contributed by atoms with Crippen molar-refractivity contribution in [3.63, 3.8) is 0 Å². The lowest BCUT2D eigenvalue weighted by atomic mass is 9.95. The van der Waals surface area contributed by atoms with E-state index >= 15 is 0 Å². The molecule has 6 nitrogen and oxygen atoms in total. The summed E-state index contributed by atoms with van der Waals surface area (Å²) in [4.78, 5) is 18.6. The summed E-state index contributed by atoms with van der Waals surface area (Å²) in [5.41, 5.74) is 6.94. The van der Waals surface area contributed by atoms with Gasteiger partial charge in [-0.1, -0.05) is 35.5 Å². The second kappa shape index (κ2) is 7.57. The Morgan fingerprint density at radius 3 is 2.52 bits per heavy atom. The number of piperidine rings is 1. The van der Waals surface area contributed by atoms with Crippen LogP contribution in [0, 0.1) is 6.92 Å². The van der Waals surface area contributed by atoms with Gasteiger partial charge < -0.3 is 15.2 Å². The van der Waals surface area contributed by atoms with Crippen LogP contribution in [0.25, 0.3) is 0 Å². The molecule has 124 valence electrons. The van der Waals surface area contributed by atoms with Gasteiger partial charge in [-0.15, -0.1) is 12.4 Å². The molecule has 2 N–H and O–H groups in total. The Balaban J connectivity index is 0.00000192. The normalized spacial score (nSPS) is 16.7. The van der Waals surface area contributed by atoms with Gasteiger partial charge in [0.05, 0.1) is 0 Å². The van der Waals surface area contributed by atoms with E-state index in [1.54, 1.807) is 0 Å². The maximum absolute atomic E-state index is 12.5. The summed E-state index contributed by atoms with van der Waals surface area (Å²) >= 11 is 0. The number of hydrogen-bond acceptors (Lipinski definition) is 5. The van der Waals surface area contributed by atoms with Crippen molar-refractivity contribution in [1.29, 1.82) is 0 Å². The molecular weight excluding hydrogens is 316 g/mol. The lowest BCUT2D eigenvalue weighted by molar-refractivity contribution is -0.133. The summed E-state index contributed by atoms with van der Waals surface area (Å²) in [6, 6.07) is 8.88. The van der Waals surface area contributed by atoms with Crippen molar-refractivity contribution in [2.24, 2.45) is 5.73 Å². The summed E-state index contributed by atoms with van der Waals surface area (Å²) in [5, 5.41) is 3.83. The Morgan fingerprint density at radius 2 is 1.96 bits per heavy atom. The van der Waals surface area contributed by atoms with Crippen LogP contribution in [0.3, 0.4) is 0 Å². The van der Waals surface area contributed by atoms with E-state index in [2.05, 4.69) is 10.1 Å². The monoisotopic (exact) mass is 336 g/mol. The second-order valence-corrected chi connectivity index (χ2v) is 5.67. The number of likely N-dealkylation sites (tertiary alicyclic amines) is 1. The molecule has 0 radical (unpaired) electrons. The van der Waals surface area contributed by atoms with Crippen LogP contribution in [-0.4, -0.2) is 34.0 Å². The van der Waals surface area contributed by atoms with E-state index in [0.717, 1.165) is 18.4 Å². The van der Waals surface area contributed by atoms with Crippen LogP contribution in [0.1, 0.15) is 42.1 Å². The van der Waals surface area contributed by atoms with Gasteiger partial charge >= 0.3 is 0 Å². The molecule has 1 fully saturated rings. The third-order valence-electron chi connectivity index (χ3n) is 4.12. The first kappa shape index (κ1) is 17.4. The molecule has 1 atom stereocenters. The molecule has 1 amide bonds. The van der Waals surface area contributed by atoms with Crippen molar-refractivity contribution in [1.82, 2.24) is 15.0 Å². The van der Waals surface area contributed by atoms with Gasteiger partial charge in [-0.05, 0) is 25.3 Å². The van der Waals surface area contributed by atoms with E-state index < -0.39 is 6.04 Å². The summed E-state index contributed by atoms with van der Waals surface area (Å²) < 4.78 is 5.23. The minimum Gasteiger partial charge on any atom is -0.341 e. The van der Waals surface area contributed by atoms with E-state index in [0.29, 0.717) is 24.8 Å². The van der Waals surface area contributed by atoms with E-state index in [-0.39, 0.29) is 24.2 Å². The van der Waals surface area contributed by atoms with Crippen molar-refractivity contribution >= 4 is 18.3 Å². The minimum absolute atomic E-state index is 0. The lowest BCUT2D eigenvalue weighted by Gasteiger charge is -2.32. The SMILES string of the molecule is Cc1noc(C2CCN(C(=O)C(N)c3ccccc3)CC2)n1.Cl. The zero-order chi connectivity index (χ0) is 15.5. The van der Waals surface area contributed by atoms with E-state index in [1.165, 1.54) is 0 Å². The number of halogens is 1. The Kier molecular flexibility index (Phi) is 5.74. The number of nitrogens with zero attached hydrogens (tertiary/aromatic N) is 3. The van der Waals surface area contributed by atoms with Gasteiger partial charge in [-0.3, -0.25) is 4.79 Å². The maximum atomic E-state index is 12.5. The van der Waals surface area contributed by atoms with Gasteiger partial charge in [-0.2, -0.15) is 4.98 Å². The largest absolute Gasteiger partial charge is 0.341 e. The molecule has 1 aliphatic heterocycles. The van der Waals surface area contributed by atoms with Crippen LogP contribution in [0.15, 0.2) is 34.9 Å². The van der Waals surface area contributed by atoms with E-state index in [4.69, 9.17) is 10.3 Å². The van der Waals surface area contributed by atoms with Crippen molar-refractivity contribution in [2.75, 3.05) is 13.1 Å². The number of aryl methyl sites for hydroxylation is 1. The number of rotatable bonds is 3. The Morgan fingerprint density at radius 1 is 1.30 bits per heavy atom. The molecule has 1 aromatic heterocycles. The van der Waals surface area contributed by atoms with Gasteiger partial charge in [0.2, 0.25) is 11.8 Å². The van der Waals surface area contributed by atoms with Crippen molar-refractivity contribution in [3.05, 3.63) is 47.6 Å². The van der Waals surface area contributed by atoms with Crippen LogP contribution in [-0.2, 0) is 4.79 Å². The summed E-state index contributed by atoms with van der Waals surface area (Å²) in [7, 11) is 0. The third kappa shape index (κ3) is 3.89. The predicted octanol–water partition coefficient (Wildman–Crippen LogP) is 2.21.